The summed E-state index contributed by atoms with van der Waals surface area (Å²) in [5.41, 5.74) is 0.261. The van der Waals surface area contributed by atoms with Crippen LogP contribution in [-0.2, 0) is 10.0 Å². The van der Waals surface area contributed by atoms with Crippen molar-refractivity contribution in [2.45, 2.75) is 37.1 Å². The molecule has 1 saturated heterocycles. The van der Waals surface area contributed by atoms with Crippen LogP contribution in [0.1, 0.15) is 24.8 Å². The fourth-order valence-electron chi connectivity index (χ4n) is 2.50. The summed E-state index contributed by atoms with van der Waals surface area (Å²) >= 11 is 0. The van der Waals surface area contributed by atoms with Gasteiger partial charge in [-0.1, -0.05) is 0 Å². The minimum absolute atomic E-state index is 0.0903. The Balaban J connectivity index is 2.03. The first kappa shape index (κ1) is 15.9. The van der Waals surface area contributed by atoms with Crippen molar-refractivity contribution in [1.29, 1.82) is 0 Å². The second-order valence-corrected chi connectivity index (χ2v) is 6.92. The number of rotatable bonds is 6. The third-order valence-electron chi connectivity index (χ3n) is 3.61. The van der Waals surface area contributed by atoms with Gasteiger partial charge >= 0.3 is 0 Å². The van der Waals surface area contributed by atoms with E-state index in [-0.39, 0.29) is 10.6 Å². The normalized spacial score (nSPS) is 18.8. The van der Waals surface area contributed by atoms with Gasteiger partial charge in [0.25, 0.3) is 5.69 Å². The maximum absolute atomic E-state index is 12.2. The molecule has 0 saturated carbocycles. The van der Waals surface area contributed by atoms with Crippen molar-refractivity contribution in [3.63, 3.8) is 0 Å². The van der Waals surface area contributed by atoms with Gasteiger partial charge in [-0.05, 0) is 44.4 Å². The average molecular weight is 313 g/mol. The molecule has 0 aliphatic carbocycles. The molecular formula is C13H19N3O4S. The van der Waals surface area contributed by atoms with Crippen molar-refractivity contribution in [2.75, 3.05) is 13.1 Å². The van der Waals surface area contributed by atoms with Crippen LogP contribution >= 0.6 is 0 Å². The molecule has 1 aromatic rings. The van der Waals surface area contributed by atoms with Gasteiger partial charge in [-0.15, -0.1) is 0 Å². The van der Waals surface area contributed by atoms with Crippen LogP contribution in [0, 0.1) is 17.0 Å². The van der Waals surface area contributed by atoms with Crippen LogP contribution in [-0.4, -0.2) is 32.5 Å². The first-order valence-corrected chi connectivity index (χ1v) is 8.36. The predicted octanol–water partition coefficient (Wildman–Crippen LogP) is 1.32. The van der Waals surface area contributed by atoms with E-state index >= 15 is 0 Å². The number of nitro benzene ring substituents is 1. The zero-order valence-corrected chi connectivity index (χ0v) is 12.6. The molecule has 1 atom stereocenters. The summed E-state index contributed by atoms with van der Waals surface area (Å²) in [6.07, 6.45) is 2.93. The number of aryl methyl sites for hydroxylation is 1. The molecule has 1 fully saturated rings. The van der Waals surface area contributed by atoms with Gasteiger partial charge in [-0.25, -0.2) is 13.1 Å². The van der Waals surface area contributed by atoms with E-state index in [4.69, 9.17) is 0 Å². The lowest BCUT2D eigenvalue weighted by molar-refractivity contribution is -0.385. The maximum Gasteiger partial charge on any atom is 0.269 e. The third-order valence-corrected chi connectivity index (χ3v) is 5.23. The number of nitrogens with zero attached hydrogens (tertiary/aromatic N) is 1. The molecule has 1 aliphatic rings. The number of nitro groups is 1. The minimum atomic E-state index is -3.63. The molecule has 0 unspecified atom stereocenters. The third kappa shape index (κ3) is 3.99. The molecule has 21 heavy (non-hydrogen) atoms. The highest BCUT2D eigenvalue weighted by atomic mass is 32.2. The van der Waals surface area contributed by atoms with Crippen LogP contribution in [0.3, 0.4) is 0 Å². The number of hydrogen-bond acceptors (Lipinski definition) is 5. The second kappa shape index (κ2) is 6.50. The van der Waals surface area contributed by atoms with E-state index in [1.807, 2.05) is 0 Å². The molecular weight excluding hydrogens is 294 g/mol. The van der Waals surface area contributed by atoms with Gasteiger partial charge in [0.15, 0.2) is 0 Å². The monoisotopic (exact) mass is 313 g/mol. The lowest BCUT2D eigenvalue weighted by Crippen LogP contribution is -2.31. The number of sulfonamides is 1. The van der Waals surface area contributed by atoms with E-state index in [1.54, 1.807) is 6.92 Å². The van der Waals surface area contributed by atoms with Gasteiger partial charge in [-0.2, -0.15) is 0 Å². The zero-order chi connectivity index (χ0) is 15.5. The Hall–Kier alpha value is -1.51. The van der Waals surface area contributed by atoms with Crippen LogP contribution in [0.15, 0.2) is 23.1 Å². The van der Waals surface area contributed by atoms with Gasteiger partial charge in [0.2, 0.25) is 10.0 Å². The molecule has 2 N–H and O–H groups in total. The Morgan fingerprint density at radius 1 is 1.48 bits per heavy atom. The molecule has 116 valence electrons. The maximum atomic E-state index is 12.2. The van der Waals surface area contributed by atoms with Crippen molar-refractivity contribution < 1.29 is 13.3 Å². The summed E-state index contributed by atoms with van der Waals surface area (Å²) in [5, 5.41) is 14.0. The first-order valence-electron chi connectivity index (χ1n) is 6.88. The fraction of sp³-hybridized carbons (Fsp3) is 0.538. The van der Waals surface area contributed by atoms with Gasteiger partial charge in [0.1, 0.15) is 0 Å². The number of nitrogens with one attached hydrogen (secondary N) is 2. The van der Waals surface area contributed by atoms with Crippen molar-refractivity contribution in [3.8, 4) is 0 Å². The Labute approximate surface area is 123 Å². The van der Waals surface area contributed by atoms with E-state index < -0.39 is 14.9 Å². The van der Waals surface area contributed by atoms with Crippen LogP contribution in [0.25, 0.3) is 0 Å². The Bertz CT molecular complexity index is 624. The number of benzene rings is 1. The quantitative estimate of drug-likeness (QED) is 0.609. The van der Waals surface area contributed by atoms with Crippen molar-refractivity contribution in [1.82, 2.24) is 10.0 Å². The summed E-state index contributed by atoms with van der Waals surface area (Å²) in [6.45, 7) is 2.90. The van der Waals surface area contributed by atoms with Gasteiger partial charge < -0.3 is 5.32 Å². The summed E-state index contributed by atoms with van der Waals surface area (Å²) in [7, 11) is -3.63. The minimum Gasteiger partial charge on any atom is -0.314 e. The lowest BCUT2D eigenvalue weighted by atomic mass is 10.2. The van der Waals surface area contributed by atoms with E-state index in [0.29, 0.717) is 18.2 Å². The molecule has 1 heterocycles. The molecule has 0 amide bonds. The van der Waals surface area contributed by atoms with Crippen molar-refractivity contribution >= 4 is 15.7 Å². The summed E-state index contributed by atoms with van der Waals surface area (Å²) < 4.78 is 27.0. The number of hydrogen-bond donors (Lipinski definition) is 2. The van der Waals surface area contributed by atoms with Crippen LogP contribution in [0.4, 0.5) is 5.69 Å². The molecule has 0 aromatic heterocycles. The lowest BCUT2D eigenvalue weighted by Gasteiger charge is -2.12. The fourth-order valence-corrected chi connectivity index (χ4v) is 3.77. The smallest absolute Gasteiger partial charge is 0.269 e. The van der Waals surface area contributed by atoms with Crippen molar-refractivity contribution in [2.24, 2.45) is 0 Å². The number of non-ortho nitro benzene ring substituents is 1. The Kier molecular flexibility index (Phi) is 4.92. The van der Waals surface area contributed by atoms with E-state index in [1.165, 1.54) is 18.2 Å². The highest BCUT2D eigenvalue weighted by Gasteiger charge is 2.20. The largest absolute Gasteiger partial charge is 0.314 e. The SMILES string of the molecule is Cc1cc([N+](=O)[O-])ccc1S(=O)(=O)NCC[C@H]1CCCN1. The summed E-state index contributed by atoms with van der Waals surface area (Å²) in [4.78, 5) is 10.2. The molecule has 1 aliphatic heterocycles. The second-order valence-electron chi connectivity index (χ2n) is 5.19. The zero-order valence-electron chi connectivity index (χ0n) is 11.8. The first-order chi connectivity index (χ1) is 9.90. The van der Waals surface area contributed by atoms with E-state index in [0.717, 1.165) is 25.8 Å². The predicted molar refractivity (Wildman–Crippen MR) is 78.7 cm³/mol. The van der Waals surface area contributed by atoms with Crippen molar-refractivity contribution in [3.05, 3.63) is 33.9 Å². The molecule has 8 heteroatoms. The van der Waals surface area contributed by atoms with E-state index in [9.17, 15) is 18.5 Å². The van der Waals surface area contributed by atoms with E-state index in [2.05, 4.69) is 10.0 Å². The average Bonchev–Trinajstić information content (AvgIpc) is 2.91. The molecule has 0 spiro atoms. The van der Waals surface area contributed by atoms with Crippen LogP contribution < -0.4 is 10.0 Å². The van der Waals surface area contributed by atoms with Crippen LogP contribution in [0.2, 0.25) is 0 Å². The van der Waals surface area contributed by atoms with Gasteiger partial charge in [-0.3, -0.25) is 10.1 Å². The standard InChI is InChI=1S/C13H19N3O4S/c1-10-9-12(16(17)18)4-5-13(10)21(19,20)15-8-6-11-3-2-7-14-11/h4-5,9,11,14-15H,2-3,6-8H2,1H3/t11-/m1/s1. The Morgan fingerprint density at radius 3 is 2.81 bits per heavy atom. The molecule has 2 rings (SSSR count). The highest BCUT2D eigenvalue weighted by Crippen LogP contribution is 2.21. The molecule has 1 aromatic carbocycles. The topological polar surface area (TPSA) is 101 Å². The summed E-state index contributed by atoms with van der Waals surface area (Å²) in [6, 6.07) is 4.13. The van der Waals surface area contributed by atoms with Crippen LogP contribution in [0.5, 0.6) is 0 Å². The molecule has 0 radical (unpaired) electrons. The summed E-state index contributed by atoms with van der Waals surface area (Å²) in [5.74, 6) is 0. The molecule has 7 nitrogen and oxygen atoms in total. The Morgan fingerprint density at radius 2 is 2.24 bits per heavy atom. The van der Waals surface area contributed by atoms with Gasteiger partial charge in [0, 0.05) is 24.7 Å². The van der Waals surface area contributed by atoms with Gasteiger partial charge in [0.05, 0.1) is 9.82 Å². The highest BCUT2D eigenvalue weighted by molar-refractivity contribution is 7.89. The molecule has 0 bridgehead atoms.